The van der Waals surface area contributed by atoms with Crippen molar-refractivity contribution in [3.8, 4) is 0 Å². The van der Waals surface area contributed by atoms with Gasteiger partial charge in [0, 0.05) is 36.1 Å². The minimum Gasteiger partial charge on any atom is -0.347 e. The van der Waals surface area contributed by atoms with Crippen LogP contribution >= 0.6 is 11.3 Å². The first-order valence-electron chi connectivity index (χ1n) is 4.00. The van der Waals surface area contributed by atoms with Crippen LogP contribution in [0.25, 0.3) is 0 Å². The molecule has 13 heavy (non-hydrogen) atoms. The van der Waals surface area contributed by atoms with Gasteiger partial charge in [0.25, 0.3) is 0 Å². The molecule has 0 radical (unpaired) electrons. The molecule has 0 aliphatic carbocycles. The highest BCUT2D eigenvalue weighted by atomic mass is 32.1. The van der Waals surface area contributed by atoms with Gasteiger partial charge in [-0.2, -0.15) is 0 Å². The number of hydrogen-bond acceptors (Lipinski definition) is 4. The molecule has 0 bridgehead atoms. The van der Waals surface area contributed by atoms with E-state index in [0.717, 1.165) is 18.8 Å². The summed E-state index contributed by atoms with van der Waals surface area (Å²) < 4.78 is 0. The molecule has 0 fully saturated rings. The molecule has 0 saturated heterocycles. The number of aromatic amines is 1. The molecule has 68 valence electrons. The van der Waals surface area contributed by atoms with Crippen molar-refractivity contribution < 1.29 is 0 Å². The maximum absolute atomic E-state index is 4.00. The zero-order valence-electron chi connectivity index (χ0n) is 7.03. The quantitative estimate of drug-likeness (QED) is 0.767. The first kappa shape index (κ1) is 8.40. The van der Waals surface area contributed by atoms with Crippen LogP contribution in [0.1, 0.15) is 10.6 Å². The summed E-state index contributed by atoms with van der Waals surface area (Å²) in [6, 6.07) is 0. The standard InChI is InChI=1S/C8H10N4S/c1(7-2-10-5-12-7)9-3-8-4-11-6-13-8/h2,4-6,9H,1,3H2,(H,10,12). The third-order valence-corrected chi connectivity index (χ3v) is 2.43. The first-order valence-corrected chi connectivity index (χ1v) is 4.88. The third kappa shape index (κ3) is 2.37. The molecule has 2 N–H and O–H groups in total. The fourth-order valence-electron chi connectivity index (χ4n) is 1.03. The van der Waals surface area contributed by atoms with Crippen molar-refractivity contribution in [2.24, 2.45) is 0 Å². The van der Waals surface area contributed by atoms with Crippen LogP contribution in [0, 0.1) is 0 Å². The lowest BCUT2D eigenvalue weighted by Gasteiger charge is -1.98. The summed E-state index contributed by atoms with van der Waals surface area (Å²) in [7, 11) is 0. The summed E-state index contributed by atoms with van der Waals surface area (Å²) in [5.74, 6) is 0. The molecule has 0 saturated carbocycles. The molecule has 0 aromatic carbocycles. The van der Waals surface area contributed by atoms with Crippen LogP contribution in [-0.4, -0.2) is 15.0 Å². The minimum atomic E-state index is 0.817. The predicted molar refractivity (Wildman–Crippen MR) is 51.2 cm³/mol. The van der Waals surface area contributed by atoms with Gasteiger partial charge in [0.15, 0.2) is 0 Å². The molecule has 0 spiro atoms. The Morgan fingerprint density at radius 3 is 3.00 bits per heavy atom. The number of H-pyrrole nitrogens is 1. The molecule has 4 nitrogen and oxygen atoms in total. The van der Waals surface area contributed by atoms with E-state index >= 15 is 0 Å². The Labute approximate surface area is 80.1 Å². The van der Waals surface area contributed by atoms with E-state index in [2.05, 4.69) is 20.3 Å². The molecular weight excluding hydrogens is 184 g/mol. The maximum Gasteiger partial charge on any atom is 0.0922 e. The second-order valence-electron chi connectivity index (χ2n) is 2.65. The van der Waals surface area contributed by atoms with Gasteiger partial charge in [-0.1, -0.05) is 0 Å². The van der Waals surface area contributed by atoms with Gasteiger partial charge in [0.1, 0.15) is 0 Å². The van der Waals surface area contributed by atoms with Gasteiger partial charge in [-0.25, -0.2) is 4.98 Å². The zero-order valence-corrected chi connectivity index (χ0v) is 7.84. The smallest absolute Gasteiger partial charge is 0.0922 e. The summed E-state index contributed by atoms with van der Waals surface area (Å²) in [4.78, 5) is 12.2. The molecule has 0 unspecified atom stereocenters. The van der Waals surface area contributed by atoms with Crippen LogP contribution in [0.4, 0.5) is 0 Å². The monoisotopic (exact) mass is 194 g/mol. The summed E-state index contributed by atoms with van der Waals surface area (Å²) in [6.45, 7) is 1.68. The van der Waals surface area contributed by atoms with Crippen molar-refractivity contribution in [3.63, 3.8) is 0 Å². The Balaban J connectivity index is 1.76. The van der Waals surface area contributed by atoms with Crippen LogP contribution < -0.4 is 5.32 Å². The van der Waals surface area contributed by atoms with Crippen molar-refractivity contribution in [2.75, 3.05) is 0 Å². The number of nitrogens with zero attached hydrogens (tertiary/aromatic N) is 2. The van der Waals surface area contributed by atoms with Gasteiger partial charge in [-0.3, -0.25) is 4.98 Å². The van der Waals surface area contributed by atoms with E-state index in [4.69, 9.17) is 0 Å². The van der Waals surface area contributed by atoms with E-state index in [0.29, 0.717) is 0 Å². The molecule has 2 aromatic rings. The predicted octanol–water partition coefficient (Wildman–Crippen LogP) is 1.16. The number of thiazole rings is 1. The maximum atomic E-state index is 4.00. The van der Waals surface area contributed by atoms with Crippen molar-refractivity contribution in [3.05, 3.63) is 34.8 Å². The number of aromatic nitrogens is 3. The number of rotatable bonds is 4. The van der Waals surface area contributed by atoms with E-state index in [1.54, 1.807) is 17.7 Å². The second kappa shape index (κ2) is 4.15. The highest BCUT2D eigenvalue weighted by molar-refractivity contribution is 7.09. The average Bonchev–Trinajstić information content (AvgIpc) is 2.75. The number of imidazole rings is 1. The van der Waals surface area contributed by atoms with Gasteiger partial charge in [-0.15, -0.1) is 11.3 Å². The molecule has 5 heteroatoms. The number of nitrogens with one attached hydrogen (secondary N) is 2. The summed E-state index contributed by atoms with van der Waals surface area (Å²) in [5, 5.41) is 3.29. The Morgan fingerprint density at radius 2 is 2.31 bits per heavy atom. The van der Waals surface area contributed by atoms with Gasteiger partial charge in [0.2, 0.25) is 0 Å². The van der Waals surface area contributed by atoms with E-state index in [-0.39, 0.29) is 0 Å². The topological polar surface area (TPSA) is 53.6 Å². The first-order chi connectivity index (χ1) is 6.45. The second-order valence-corrected chi connectivity index (χ2v) is 3.62. The lowest BCUT2D eigenvalue weighted by Crippen LogP contribution is -2.11. The molecule has 2 heterocycles. The normalized spacial score (nSPS) is 10.5. The van der Waals surface area contributed by atoms with Crippen LogP contribution in [0.5, 0.6) is 0 Å². The molecule has 2 rings (SSSR count). The highest BCUT2D eigenvalue weighted by Crippen LogP contribution is 2.04. The highest BCUT2D eigenvalue weighted by Gasteiger charge is 1.95. The molecule has 0 atom stereocenters. The SMILES string of the molecule is c1ncc(CNCc2cncs2)[nH]1. The van der Waals surface area contributed by atoms with E-state index < -0.39 is 0 Å². The third-order valence-electron chi connectivity index (χ3n) is 1.65. The van der Waals surface area contributed by atoms with Crippen molar-refractivity contribution in [2.45, 2.75) is 13.1 Å². The van der Waals surface area contributed by atoms with Crippen LogP contribution in [0.15, 0.2) is 24.2 Å². The minimum absolute atomic E-state index is 0.817. The fourth-order valence-corrected chi connectivity index (χ4v) is 1.60. The van der Waals surface area contributed by atoms with E-state index in [1.165, 1.54) is 4.88 Å². The Bertz CT molecular complexity index is 293. The molecule has 0 amide bonds. The molecule has 0 aliphatic heterocycles. The lowest BCUT2D eigenvalue weighted by atomic mass is 10.4. The Hall–Kier alpha value is -1.20. The van der Waals surface area contributed by atoms with Gasteiger partial charge in [-0.05, 0) is 0 Å². The van der Waals surface area contributed by atoms with Crippen molar-refractivity contribution >= 4 is 11.3 Å². The van der Waals surface area contributed by atoms with Crippen LogP contribution in [0.3, 0.4) is 0 Å². The van der Waals surface area contributed by atoms with Gasteiger partial charge >= 0.3 is 0 Å². The van der Waals surface area contributed by atoms with Crippen molar-refractivity contribution in [1.82, 2.24) is 20.3 Å². The molecular formula is C8H10N4S. The summed E-state index contributed by atoms with van der Waals surface area (Å²) >= 11 is 1.66. The molecule has 0 aliphatic rings. The van der Waals surface area contributed by atoms with Crippen LogP contribution in [0.2, 0.25) is 0 Å². The fraction of sp³-hybridized carbons (Fsp3) is 0.250. The van der Waals surface area contributed by atoms with E-state index in [9.17, 15) is 0 Å². The van der Waals surface area contributed by atoms with Gasteiger partial charge < -0.3 is 10.3 Å². The molecule has 2 aromatic heterocycles. The Kier molecular flexibility index (Phi) is 2.68. The number of hydrogen-bond donors (Lipinski definition) is 2. The van der Waals surface area contributed by atoms with Gasteiger partial charge in [0.05, 0.1) is 11.8 Å². The largest absolute Gasteiger partial charge is 0.347 e. The summed E-state index contributed by atoms with van der Waals surface area (Å²) in [6.07, 6.45) is 5.38. The lowest BCUT2D eigenvalue weighted by molar-refractivity contribution is 0.688. The summed E-state index contributed by atoms with van der Waals surface area (Å²) in [5.41, 5.74) is 2.94. The average molecular weight is 194 g/mol. The Morgan fingerprint density at radius 1 is 1.31 bits per heavy atom. The van der Waals surface area contributed by atoms with Crippen molar-refractivity contribution in [1.29, 1.82) is 0 Å². The van der Waals surface area contributed by atoms with Crippen LogP contribution in [-0.2, 0) is 13.1 Å². The van der Waals surface area contributed by atoms with E-state index in [1.807, 2.05) is 17.9 Å². The zero-order chi connectivity index (χ0) is 8.93.